The van der Waals surface area contributed by atoms with E-state index < -0.39 is 16.0 Å². The predicted octanol–water partition coefficient (Wildman–Crippen LogP) is 2.67. The minimum atomic E-state index is -3.87. The van der Waals surface area contributed by atoms with Crippen LogP contribution in [0.5, 0.6) is 0 Å². The molecule has 8 heteroatoms. The van der Waals surface area contributed by atoms with Crippen molar-refractivity contribution in [3.05, 3.63) is 30.1 Å². The van der Waals surface area contributed by atoms with E-state index in [1.54, 1.807) is 0 Å². The van der Waals surface area contributed by atoms with Gasteiger partial charge in [-0.05, 0) is 37.1 Å². The fourth-order valence-corrected chi connectivity index (χ4v) is 4.18. The van der Waals surface area contributed by atoms with Crippen LogP contribution < -0.4 is 9.62 Å². The summed E-state index contributed by atoms with van der Waals surface area (Å²) < 4.78 is 40.5. The van der Waals surface area contributed by atoms with Gasteiger partial charge < -0.3 is 5.32 Å². The largest absolute Gasteiger partial charge is 0.352 e. The van der Waals surface area contributed by atoms with Crippen molar-refractivity contribution in [3.63, 3.8) is 0 Å². The average molecular weight is 386 g/mol. The quantitative estimate of drug-likeness (QED) is 0.818. The van der Waals surface area contributed by atoms with E-state index >= 15 is 0 Å². The lowest BCUT2D eigenvalue weighted by atomic mass is 9.97. The topological polar surface area (TPSA) is 69.7 Å². The van der Waals surface area contributed by atoms with Crippen LogP contribution >= 0.6 is 0 Å². The molecule has 26 heavy (non-hydrogen) atoms. The van der Waals surface area contributed by atoms with E-state index in [4.69, 9.17) is 0 Å². The normalized spacial score (nSPS) is 16.8. The van der Waals surface area contributed by atoms with E-state index in [1.165, 1.54) is 57.6 Å². The summed E-state index contributed by atoms with van der Waals surface area (Å²) in [6.45, 7) is -0.331. The number of rotatable bonds is 6. The first-order chi connectivity index (χ1) is 12.3. The summed E-state index contributed by atoms with van der Waals surface area (Å²) in [5.74, 6) is -0.805. The molecular weight excluding hydrogens is 357 g/mol. The van der Waals surface area contributed by atoms with E-state index in [1.807, 2.05) is 0 Å². The summed E-state index contributed by atoms with van der Waals surface area (Å²) in [6, 6.07) is 5.17. The molecule has 6 nitrogen and oxygen atoms in total. The number of benzene rings is 1. The second kappa shape index (κ2) is 9.32. The van der Waals surface area contributed by atoms with Crippen molar-refractivity contribution in [1.29, 1.82) is 0 Å². The Morgan fingerprint density at radius 3 is 2.15 bits per heavy atom. The zero-order valence-electron chi connectivity index (χ0n) is 15.4. The third kappa shape index (κ3) is 5.67. The highest BCUT2D eigenvalue weighted by Crippen LogP contribution is 2.20. The number of nitrogens with zero attached hydrogens (tertiary/aromatic N) is 2. The van der Waals surface area contributed by atoms with Crippen LogP contribution in [0.25, 0.3) is 0 Å². The maximum atomic E-state index is 13.2. The third-order valence-electron chi connectivity index (χ3n) is 4.61. The standard InChI is InChI=1S/C18H28FN3O3S/c1-21(2)26(24,25)22(17-12-10-15(19)11-13-17)14-18(23)20-16-8-6-4-3-5-7-9-16/h10-13,16H,3-9,14H2,1-2H3,(H,20,23). The molecule has 1 aromatic rings. The number of carbonyl (C=O) groups is 1. The molecule has 2 rings (SSSR count). The van der Waals surface area contributed by atoms with Gasteiger partial charge in [0.2, 0.25) is 5.91 Å². The van der Waals surface area contributed by atoms with Crippen LogP contribution in [0.1, 0.15) is 44.9 Å². The summed E-state index contributed by atoms with van der Waals surface area (Å²) in [6.07, 6.45) is 7.56. The lowest BCUT2D eigenvalue weighted by Gasteiger charge is -2.28. The molecule has 0 spiro atoms. The van der Waals surface area contributed by atoms with Crippen molar-refractivity contribution in [2.24, 2.45) is 0 Å². The number of anilines is 1. The molecule has 1 amide bonds. The van der Waals surface area contributed by atoms with Gasteiger partial charge >= 0.3 is 10.2 Å². The molecule has 1 aliphatic rings. The maximum absolute atomic E-state index is 13.2. The van der Waals surface area contributed by atoms with Crippen LogP contribution in [0, 0.1) is 5.82 Å². The number of hydrogen-bond acceptors (Lipinski definition) is 3. The van der Waals surface area contributed by atoms with Gasteiger partial charge in [0.15, 0.2) is 0 Å². The summed E-state index contributed by atoms with van der Waals surface area (Å²) in [5.41, 5.74) is 0.257. The molecule has 0 saturated heterocycles. The molecular formula is C18H28FN3O3S. The Kier molecular flexibility index (Phi) is 7.40. The Hall–Kier alpha value is -1.67. The first-order valence-electron chi connectivity index (χ1n) is 9.06. The van der Waals surface area contributed by atoms with Gasteiger partial charge in [0.25, 0.3) is 0 Å². The minimum Gasteiger partial charge on any atom is -0.352 e. The van der Waals surface area contributed by atoms with Gasteiger partial charge in [-0.1, -0.05) is 32.1 Å². The molecule has 146 valence electrons. The van der Waals surface area contributed by atoms with Crippen LogP contribution in [0.15, 0.2) is 24.3 Å². The monoisotopic (exact) mass is 385 g/mol. The fraction of sp³-hybridized carbons (Fsp3) is 0.611. The molecule has 0 bridgehead atoms. The van der Waals surface area contributed by atoms with Gasteiger partial charge in [0.1, 0.15) is 12.4 Å². The van der Waals surface area contributed by atoms with Crippen molar-refractivity contribution in [1.82, 2.24) is 9.62 Å². The number of hydrogen-bond donors (Lipinski definition) is 1. The lowest BCUT2D eigenvalue weighted by molar-refractivity contribution is -0.120. The van der Waals surface area contributed by atoms with Gasteiger partial charge in [-0.15, -0.1) is 0 Å². The highest BCUT2D eigenvalue weighted by molar-refractivity contribution is 7.90. The van der Waals surface area contributed by atoms with Crippen LogP contribution in [0.3, 0.4) is 0 Å². The second-order valence-corrected chi connectivity index (χ2v) is 8.95. The summed E-state index contributed by atoms with van der Waals surface area (Å²) >= 11 is 0. The van der Waals surface area contributed by atoms with Crippen molar-refractivity contribution < 1.29 is 17.6 Å². The number of carbonyl (C=O) groups excluding carboxylic acids is 1. The molecule has 1 fully saturated rings. The van der Waals surface area contributed by atoms with E-state index in [9.17, 15) is 17.6 Å². The van der Waals surface area contributed by atoms with Crippen molar-refractivity contribution in [3.8, 4) is 0 Å². The fourth-order valence-electron chi connectivity index (χ4n) is 3.11. The lowest BCUT2D eigenvalue weighted by Crippen LogP contribution is -2.47. The van der Waals surface area contributed by atoms with Gasteiger partial charge in [0.05, 0.1) is 5.69 Å². The van der Waals surface area contributed by atoms with Crippen molar-refractivity contribution in [2.75, 3.05) is 24.9 Å². The molecule has 1 aliphatic carbocycles. The number of halogens is 1. The molecule has 1 saturated carbocycles. The SMILES string of the molecule is CN(C)S(=O)(=O)N(CC(=O)NC1CCCCCCC1)c1ccc(F)cc1. The first-order valence-corrected chi connectivity index (χ1v) is 10.5. The van der Waals surface area contributed by atoms with Crippen LogP contribution in [0.2, 0.25) is 0 Å². The summed E-state index contributed by atoms with van der Waals surface area (Å²) in [5, 5.41) is 2.97. The Balaban J connectivity index is 2.12. The number of nitrogens with one attached hydrogen (secondary N) is 1. The molecule has 0 aliphatic heterocycles. The Morgan fingerprint density at radius 1 is 1.08 bits per heavy atom. The maximum Gasteiger partial charge on any atom is 0.304 e. The van der Waals surface area contributed by atoms with Crippen LogP contribution in [-0.4, -0.2) is 45.3 Å². The van der Waals surface area contributed by atoms with Crippen LogP contribution in [0.4, 0.5) is 10.1 Å². The van der Waals surface area contributed by atoms with E-state index in [0.29, 0.717) is 0 Å². The Bertz CT molecular complexity index is 684. The summed E-state index contributed by atoms with van der Waals surface area (Å²) in [7, 11) is -1.07. The Labute approximate surface area is 155 Å². The molecule has 1 N–H and O–H groups in total. The molecule has 0 radical (unpaired) electrons. The van der Waals surface area contributed by atoms with Gasteiger partial charge in [-0.25, -0.2) is 8.70 Å². The zero-order valence-corrected chi connectivity index (χ0v) is 16.3. The van der Waals surface area contributed by atoms with E-state index in [0.717, 1.165) is 34.3 Å². The van der Waals surface area contributed by atoms with Gasteiger partial charge in [0, 0.05) is 20.1 Å². The van der Waals surface area contributed by atoms with Crippen LogP contribution in [-0.2, 0) is 15.0 Å². The van der Waals surface area contributed by atoms with Crippen molar-refractivity contribution in [2.45, 2.75) is 51.0 Å². The average Bonchev–Trinajstić information content (AvgIpc) is 2.56. The first kappa shape index (κ1) is 20.6. The molecule has 0 aromatic heterocycles. The Morgan fingerprint density at radius 2 is 1.62 bits per heavy atom. The molecule has 0 heterocycles. The van der Waals surface area contributed by atoms with Gasteiger partial charge in [-0.3, -0.25) is 4.79 Å². The highest BCUT2D eigenvalue weighted by Gasteiger charge is 2.28. The predicted molar refractivity (Wildman–Crippen MR) is 101 cm³/mol. The number of amides is 1. The third-order valence-corrected chi connectivity index (χ3v) is 6.43. The van der Waals surface area contributed by atoms with E-state index in [2.05, 4.69) is 5.32 Å². The smallest absolute Gasteiger partial charge is 0.304 e. The molecule has 0 unspecified atom stereocenters. The highest BCUT2D eigenvalue weighted by atomic mass is 32.2. The van der Waals surface area contributed by atoms with Gasteiger partial charge in [-0.2, -0.15) is 12.7 Å². The minimum absolute atomic E-state index is 0.0833. The van der Waals surface area contributed by atoms with Crippen molar-refractivity contribution >= 4 is 21.8 Å². The molecule has 0 atom stereocenters. The second-order valence-electron chi connectivity index (χ2n) is 6.88. The van der Waals surface area contributed by atoms with E-state index in [-0.39, 0.29) is 24.2 Å². The summed E-state index contributed by atoms with van der Waals surface area (Å²) in [4.78, 5) is 12.5. The zero-order chi connectivity index (χ0) is 19.2. The molecule has 1 aromatic carbocycles.